The number of aliphatic hydroxyl groups excluding tert-OH is 3. The van der Waals surface area contributed by atoms with E-state index in [2.05, 4.69) is 0 Å². The van der Waals surface area contributed by atoms with Crippen molar-refractivity contribution in [2.24, 2.45) is 5.41 Å². The van der Waals surface area contributed by atoms with Gasteiger partial charge < -0.3 is 29.5 Å². The second-order valence-electron chi connectivity index (χ2n) is 3.89. The van der Waals surface area contributed by atoms with Gasteiger partial charge in [-0.15, -0.1) is 0 Å². The highest BCUT2D eigenvalue weighted by Gasteiger charge is 2.51. The fraction of sp³-hybridized carbons (Fsp3) is 1.00. The number of rotatable bonds is 10. The Kier molecular flexibility index (Phi) is 8.67. The molecule has 0 saturated heterocycles. The van der Waals surface area contributed by atoms with E-state index in [1.54, 1.807) is 27.7 Å². The minimum absolute atomic E-state index is 0.233. The van der Waals surface area contributed by atoms with Gasteiger partial charge in [0.1, 0.15) is 5.41 Å². The predicted octanol–water partition coefficient (Wildman–Crippen LogP) is 0.448. The van der Waals surface area contributed by atoms with E-state index >= 15 is 0 Å². The van der Waals surface area contributed by atoms with Gasteiger partial charge in [0.05, 0.1) is 0 Å². The Labute approximate surface area is 108 Å². The average Bonchev–Trinajstić information content (AvgIpc) is 2.31. The molecule has 3 N–H and O–H groups in total. The molecule has 0 aliphatic heterocycles. The number of hydrogen-bond acceptors (Lipinski definition) is 6. The lowest BCUT2D eigenvalue weighted by atomic mass is 9.82. The lowest BCUT2D eigenvalue weighted by Gasteiger charge is -2.42. The fourth-order valence-corrected chi connectivity index (χ4v) is 1.83. The molecule has 0 aromatic heterocycles. The molecule has 0 bridgehead atoms. The van der Waals surface area contributed by atoms with Crippen LogP contribution in [0.2, 0.25) is 0 Å². The summed E-state index contributed by atoms with van der Waals surface area (Å²) in [4.78, 5) is 0. The average molecular weight is 266 g/mol. The standard InChI is InChI=1S/C12H26O6/c1-5-12(9(13)16-6-2,10(14)17-7-3)11(15)18-8-4/h9-11,13-15H,5-8H2,1-4H3. The van der Waals surface area contributed by atoms with Gasteiger partial charge in [0.25, 0.3) is 0 Å². The molecule has 0 aliphatic carbocycles. The monoisotopic (exact) mass is 266 g/mol. The Hall–Kier alpha value is -0.240. The maximum atomic E-state index is 10.1. The van der Waals surface area contributed by atoms with Crippen molar-refractivity contribution in [3.63, 3.8) is 0 Å². The molecule has 0 radical (unpaired) electrons. The van der Waals surface area contributed by atoms with Crippen LogP contribution in [0, 0.1) is 5.41 Å². The minimum Gasteiger partial charge on any atom is -0.367 e. The van der Waals surface area contributed by atoms with Crippen molar-refractivity contribution in [1.29, 1.82) is 0 Å². The van der Waals surface area contributed by atoms with Gasteiger partial charge in [-0.3, -0.25) is 0 Å². The highest BCUT2D eigenvalue weighted by molar-refractivity contribution is 4.87. The summed E-state index contributed by atoms with van der Waals surface area (Å²) in [5.74, 6) is 0. The van der Waals surface area contributed by atoms with Gasteiger partial charge in [-0.05, 0) is 27.2 Å². The van der Waals surface area contributed by atoms with Crippen molar-refractivity contribution >= 4 is 0 Å². The van der Waals surface area contributed by atoms with E-state index < -0.39 is 24.3 Å². The summed E-state index contributed by atoms with van der Waals surface area (Å²) in [6.07, 6.45) is -3.90. The fourth-order valence-electron chi connectivity index (χ4n) is 1.83. The minimum atomic E-state index is -1.43. The quantitative estimate of drug-likeness (QED) is 0.497. The third-order valence-electron chi connectivity index (χ3n) is 2.97. The molecule has 0 heterocycles. The Balaban J connectivity index is 5.16. The molecule has 6 heteroatoms. The number of hydrogen-bond donors (Lipinski definition) is 3. The molecule has 0 aliphatic rings. The molecule has 18 heavy (non-hydrogen) atoms. The predicted molar refractivity (Wildman–Crippen MR) is 65.6 cm³/mol. The van der Waals surface area contributed by atoms with Crippen molar-refractivity contribution in [3.8, 4) is 0 Å². The van der Waals surface area contributed by atoms with Gasteiger partial charge in [0.15, 0.2) is 18.9 Å². The zero-order chi connectivity index (χ0) is 14.2. The van der Waals surface area contributed by atoms with Crippen molar-refractivity contribution in [1.82, 2.24) is 0 Å². The topological polar surface area (TPSA) is 88.4 Å². The molecule has 3 unspecified atom stereocenters. The van der Waals surface area contributed by atoms with Crippen LogP contribution >= 0.6 is 0 Å². The first-order chi connectivity index (χ1) is 8.50. The van der Waals surface area contributed by atoms with Crippen LogP contribution in [0.5, 0.6) is 0 Å². The van der Waals surface area contributed by atoms with E-state index in [4.69, 9.17) is 14.2 Å². The van der Waals surface area contributed by atoms with E-state index in [1.165, 1.54) is 0 Å². The highest BCUT2D eigenvalue weighted by Crippen LogP contribution is 2.37. The molecule has 0 aromatic carbocycles. The van der Waals surface area contributed by atoms with E-state index in [0.717, 1.165) is 0 Å². The summed E-state index contributed by atoms with van der Waals surface area (Å²) in [5.41, 5.74) is -1.43. The first kappa shape index (κ1) is 17.8. The van der Waals surface area contributed by atoms with E-state index in [1.807, 2.05) is 0 Å². The highest BCUT2D eigenvalue weighted by atomic mass is 16.7. The van der Waals surface area contributed by atoms with Crippen LogP contribution in [0.1, 0.15) is 34.1 Å². The summed E-state index contributed by atoms with van der Waals surface area (Å²) >= 11 is 0. The zero-order valence-electron chi connectivity index (χ0n) is 11.6. The Morgan fingerprint density at radius 2 is 1.00 bits per heavy atom. The van der Waals surface area contributed by atoms with Crippen molar-refractivity contribution in [3.05, 3.63) is 0 Å². The summed E-state index contributed by atoms with van der Waals surface area (Å²) < 4.78 is 15.3. The maximum absolute atomic E-state index is 10.1. The van der Waals surface area contributed by atoms with Crippen LogP contribution in [0.25, 0.3) is 0 Å². The molecule has 0 saturated carbocycles. The van der Waals surface area contributed by atoms with Crippen molar-refractivity contribution in [2.45, 2.75) is 53.0 Å². The smallest absolute Gasteiger partial charge is 0.169 e. The van der Waals surface area contributed by atoms with Crippen LogP contribution in [-0.4, -0.2) is 54.0 Å². The molecular weight excluding hydrogens is 240 g/mol. The molecule has 3 atom stereocenters. The maximum Gasteiger partial charge on any atom is 0.169 e. The van der Waals surface area contributed by atoms with E-state index in [9.17, 15) is 15.3 Å². The van der Waals surface area contributed by atoms with E-state index in [-0.39, 0.29) is 26.2 Å². The van der Waals surface area contributed by atoms with Crippen LogP contribution < -0.4 is 0 Å². The first-order valence-electron chi connectivity index (χ1n) is 6.40. The first-order valence-corrected chi connectivity index (χ1v) is 6.40. The lowest BCUT2D eigenvalue weighted by Crippen LogP contribution is -2.56. The van der Waals surface area contributed by atoms with Crippen LogP contribution in [0.3, 0.4) is 0 Å². The third kappa shape index (κ3) is 3.88. The molecule has 0 spiro atoms. The second-order valence-corrected chi connectivity index (χ2v) is 3.89. The van der Waals surface area contributed by atoms with Crippen LogP contribution in [-0.2, 0) is 14.2 Å². The SMILES string of the molecule is CCOC(O)C(CC)(C(O)OCC)C(O)OCC. The molecular formula is C12H26O6. The van der Waals surface area contributed by atoms with Gasteiger partial charge in [-0.2, -0.15) is 0 Å². The van der Waals surface area contributed by atoms with Gasteiger partial charge >= 0.3 is 0 Å². The summed E-state index contributed by atoms with van der Waals surface area (Å²) in [7, 11) is 0. The second kappa shape index (κ2) is 8.79. The summed E-state index contributed by atoms with van der Waals surface area (Å²) in [5, 5.41) is 30.2. The Morgan fingerprint density at radius 1 is 0.722 bits per heavy atom. The lowest BCUT2D eigenvalue weighted by molar-refractivity contribution is -0.337. The van der Waals surface area contributed by atoms with Gasteiger partial charge in [0.2, 0.25) is 0 Å². The van der Waals surface area contributed by atoms with Gasteiger partial charge in [-0.1, -0.05) is 6.92 Å². The van der Waals surface area contributed by atoms with Gasteiger partial charge in [-0.25, -0.2) is 0 Å². The zero-order valence-corrected chi connectivity index (χ0v) is 11.6. The molecule has 0 aromatic rings. The van der Waals surface area contributed by atoms with Crippen molar-refractivity contribution < 1.29 is 29.5 Å². The molecule has 110 valence electrons. The Bertz CT molecular complexity index is 179. The number of ether oxygens (including phenoxy) is 3. The molecule has 0 amide bonds. The Morgan fingerprint density at radius 3 is 1.17 bits per heavy atom. The molecule has 0 rings (SSSR count). The largest absolute Gasteiger partial charge is 0.367 e. The molecule has 0 fully saturated rings. The van der Waals surface area contributed by atoms with Crippen LogP contribution in [0.4, 0.5) is 0 Å². The molecule has 6 nitrogen and oxygen atoms in total. The number of aliphatic hydroxyl groups is 3. The summed E-state index contributed by atoms with van der Waals surface area (Å²) in [6.45, 7) is 7.60. The van der Waals surface area contributed by atoms with E-state index in [0.29, 0.717) is 0 Å². The van der Waals surface area contributed by atoms with Crippen LogP contribution in [0.15, 0.2) is 0 Å². The normalized spacial score (nSPS) is 20.2. The summed E-state index contributed by atoms with van der Waals surface area (Å²) in [6, 6.07) is 0. The van der Waals surface area contributed by atoms with Gasteiger partial charge in [0, 0.05) is 19.8 Å². The third-order valence-corrected chi connectivity index (χ3v) is 2.97. The van der Waals surface area contributed by atoms with Crippen molar-refractivity contribution in [2.75, 3.05) is 19.8 Å².